The Hall–Kier alpha value is -2.61. The topological polar surface area (TPSA) is 66.1 Å². The molecule has 32 heavy (non-hydrogen) atoms. The predicted molar refractivity (Wildman–Crippen MR) is 126 cm³/mol. The summed E-state index contributed by atoms with van der Waals surface area (Å²) in [6.45, 7) is 6.31. The quantitative estimate of drug-likeness (QED) is 0.662. The van der Waals surface area contributed by atoms with Crippen molar-refractivity contribution >= 4 is 11.7 Å². The molecule has 0 bridgehead atoms. The standard InChI is InChI=1S/C25H34N4O3/c1-28-13-15-29(16-14-28)18-24(20-6-3-2-4-7-20)27-25(30)26-21-9-11-22(12-10-21)32-19-23-8-5-17-31-23/h2-4,6-7,9-12,23-24H,5,8,13-19H2,1H3,(H2,26,27,30). The summed E-state index contributed by atoms with van der Waals surface area (Å²) in [5.41, 5.74) is 1.85. The lowest BCUT2D eigenvalue weighted by Crippen LogP contribution is -2.48. The van der Waals surface area contributed by atoms with Gasteiger partial charge in [0.05, 0.1) is 12.1 Å². The molecule has 2 unspecified atom stereocenters. The van der Waals surface area contributed by atoms with E-state index in [0.29, 0.717) is 6.61 Å². The predicted octanol–water partition coefficient (Wildman–Crippen LogP) is 3.35. The summed E-state index contributed by atoms with van der Waals surface area (Å²) in [7, 11) is 2.15. The number of nitrogens with one attached hydrogen (secondary N) is 2. The summed E-state index contributed by atoms with van der Waals surface area (Å²) >= 11 is 0. The highest BCUT2D eigenvalue weighted by molar-refractivity contribution is 5.89. The van der Waals surface area contributed by atoms with E-state index >= 15 is 0 Å². The summed E-state index contributed by atoms with van der Waals surface area (Å²) in [5.74, 6) is 0.781. The Balaban J connectivity index is 1.31. The number of nitrogens with zero attached hydrogens (tertiary/aromatic N) is 2. The first-order valence-electron chi connectivity index (χ1n) is 11.5. The number of likely N-dealkylation sites (N-methyl/N-ethyl adjacent to an activating group) is 1. The van der Waals surface area contributed by atoms with Gasteiger partial charge in [0.25, 0.3) is 0 Å². The Kier molecular flexibility index (Phi) is 7.98. The maximum atomic E-state index is 12.8. The van der Waals surface area contributed by atoms with Crippen molar-refractivity contribution in [3.63, 3.8) is 0 Å². The van der Waals surface area contributed by atoms with Crippen molar-refractivity contribution in [1.29, 1.82) is 0 Å². The molecule has 2 aromatic rings. The fourth-order valence-corrected chi connectivity index (χ4v) is 4.13. The molecule has 7 heteroatoms. The lowest BCUT2D eigenvalue weighted by Gasteiger charge is -2.35. The molecule has 2 aromatic carbocycles. The SMILES string of the molecule is CN1CCN(CC(NC(=O)Nc2ccc(OCC3CCCO3)cc2)c2ccccc2)CC1. The van der Waals surface area contributed by atoms with Gasteiger partial charge in [-0.05, 0) is 49.7 Å². The number of rotatable bonds is 8. The van der Waals surface area contributed by atoms with E-state index in [1.165, 1.54) is 0 Å². The van der Waals surface area contributed by atoms with Gasteiger partial charge in [-0.25, -0.2) is 4.79 Å². The van der Waals surface area contributed by atoms with E-state index in [9.17, 15) is 4.79 Å². The normalized spacial score (nSPS) is 20.6. The molecular weight excluding hydrogens is 404 g/mol. The Labute approximate surface area is 190 Å². The molecule has 7 nitrogen and oxygen atoms in total. The van der Waals surface area contributed by atoms with Crippen LogP contribution in [0.15, 0.2) is 54.6 Å². The molecule has 2 heterocycles. The second-order valence-electron chi connectivity index (χ2n) is 8.64. The fourth-order valence-electron chi connectivity index (χ4n) is 4.13. The van der Waals surface area contributed by atoms with Gasteiger partial charge in [0.15, 0.2) is 0 Å². The van der Waals surface area contributed by atoms with Gasteiger partial charge in [-0.2, -0.15) is 0 Å². The molecule has 2 fully saturated rings. The van der Waals surface area contributed by atoms with Gasteiger partial charge in [-0.15, -0.1) is 0 Å². The molecule has 2 amide bonds. The second-order valence-corrected chi connectivity index (χ2v) is 8.64. The van der Waals surface area contributed by atoms with Crippen molar-refractivity contribution in [2.24, 2.45) is 0 Å². The van der Waals surface area contributed by atoms with Gasteiger partial charge >= 0.3 is 6.03 Å². The molecule has 0 saturated carbocycles. The lowest BCUT2D eigenvalue weighted by atomic mass is 10.1. The summed E-state index contributed by atoms with van der Waals surface area (Å²) < 4.78 is 11.4. The van der Waals surface area contributed by atoms with E-state index in [2.05, 4.69) is 39.6 Å². The van der Waals surface area contributed by atoms with Gasteiger partial charge in [-0.1, -0.05) is 30.3 Å². The first kappa shape index (κ1) is 22.6. The molecule has 2 aliphatic heterocycles. The van der Waals surface area contributed by atoms with E-state index in [-0.39, 0.29) is 18.2 Å². The maximum Gasteiger partial charge on any atom is 0.319 e. The molecule has 0 spiro atoms. The van der Waals surface area contributed by atoms with Gasteiger partial charge in [-0.3, -0.25) is 4.90 Å². The van der Waals surface area contributed by atoms with Crippen LogP contribution in [0.1, 0.15) is 24.4 Å². The minimum absolute atomic E-state index is 0.0753. The highest BCUT2D eigenvalue weighted by Gasteiger charge is 2.21. The maximum absolute atomic E-state index is 12.8. The summed E-state index contributed by atoms with van der Waals surface area (Å²) in [6.07, 6.45) is 2.34. The monoisotopic (exact) mass is 438 g/mol. The minimum Gasteiger partial charge on any atom is -0.491 e. The van der Waals surface area contributed by atoms with Crippen LogP contribution < -0.4 is 15.4 Å². The molecule has 0 aliphatic carbocycles. The van der Waals surface area contributed by atoms with Crippen molar-refractivity contribution in [2.75, 3.05) is 58.3 Å². The molecule has 0 radical (unpaired) electrons. The van der Waals surface area contributed by atoms with Crippen molar-refractivity contribution in [2.45, 2.75) is 25.0 Å². The number of carbonyl (C=O) groups excluding carboxylic acids is 1. The smallest absolute Gasteiger partial charge is 0.319 e. The van der Waals surface area contributed by atoms with Crippen LogP contribution in [0, 0.1) is 0 Å². The second kappa shape index (κ2) is 11.3. The van der Waals surface area contributed by atoms with E-state index in [1.807, 2.05) is 42.5 Å². The number of hydrogen-bond acceptors (Lipinski definition) is 5. The molecule has 172 valence electrons. The minimum atomic E-state index is -0.207. The van der Waals surface area contributed by atoms with Crippen molar-refractivity contribution in [1.82, 2.24) is 15.1 Å². The number of urea groups is 1. The Bertz CT molecular complexity index is 832. The first-order valence-corrected chi connectivity index (χ1v) is 11.5. The van der Waals surface area contributed by atoms with Gasteiger partial charge in [0.2, 0.25) is 0 Å². The van der Waals surface area contributed by atoms with Crippen LogP contribution in [0.3, 0.4) is 0 Å². The third-order valence-electron chi connectivity index (χ3n) is 6.12. The number of anilines is 1. The average molecular weight is 439 g/mol. The van der Waals surface area contributed by atoms with Gasteiger partial charge in [0.1, 0.15) is 12.4 Å². The largest absolute Gasteiger partial charge is 0.491 e. The zero-order chi connectivity index (χ0) is 22.2. The van der Waals surface area contributed by atoms with Crippen molar-refractivity contribution in [3.8, 4) is 5.75 Å². The van der Waals surface area contributed by atoms with E-state index in [1.54, 1.807) is 0 Å². The van der Waals surface area contributed by atoms with E-state index in [0.717, 1.165) is 69.2 Å². The fraction of sp³-hybridized carbons (Fsp3) is 0.480. The highest BCUT2D eigenvalue weighted by Crippen LogP contribution is 2.19. The molecule has 2 atom stereocenters. The number of ether oxygens (including phenoxy) is 2. The summed E-state index contributed by atoms with van der Waals surface area (Å²) in [4.78, 5) is 17.5. The highest BCUT2D eigenvalue weighted by atomic mass is 16.5. The van der Waals surface area contributed by atoms with Crippen LogP contribution in [-0.2, 0) is 4.74 Å². The van der Waals surface area contributed by atoms with Crippen LogP contribution >= 0.6 is 0 Å². The van der Waals surface area contributed by atoms with Gasteiger partial charge in [0, 0.05) is 45.0 Å². The number of piperazine rings is 1. The molecule has 0 aromatic heterocycles. The van der Waals surface area contributed by atoms with Crippen LogP contribution in [0.5, 0.6) is 5.75 Å². The van der Waals surface area contributed by atoms with Gasteiger partial charge < -0.3 is 25.0 Å². The number of amides is 2. The third kappa shape index (κ3) is 6.69. The van der Waals surface area contributed by atoms with Crippen LogP contribution in [0.4, 0.5) is 10.5 Å². The summed E-state index contributed by atoms with van der Waals surface area (Å²) in [6, 6.07) is 17.4. The van der Waals surface area contributed by atoms with E-state index in [4.69, 9.17) is 9.47 Å². The molecule has 2 aliphatic rings. The first-order chi connectivity index (χ1) is 15.7. The summed E-state index contributed by atoms with van der Waals surface area (Å²) in [5, 5.41) is 6.12. The number of hydrogen-bond donors (Lipinski definition) is 2. The van der Waals surface area contributed by atoms with Crippen molar-refractivity contribution < 1.29 is 14.3 Å². The molecule has 4 rings (SSSR count). The Morgan fingerprint density at radius 2 is 1.84 bits per heavy atom. The Morgan fingerprint density at radius 3 is 2.53 bits per heavy atom. The molecular formula is C25H34N4O3. The number of carbonyl (C=O) groups is 1. The molecule has 2 N–H and O–H groups in total. The van der Waals surface area contributed by atoms with E-state index < -0.39 is 0 Å². The van der Waals surface area contributed by atoms with Crippen molar-refractivity contribution in [3.05, 3.63) is 60.2 Å². The lowest BCUT2D eigenvalue weighted by molar-refractivity contribution is 0.0679. The molecule has 2 saturated heterocycles. The van der Waals surface area contributed by atoms with Crippen LogP contribution in [0.2, 0.25) is 0 Å². The Morgan fingerprint density at radius 1 is 1.09 bits per heavy atom. The zero-order valence-electron chi connectivity index (χ0n) is 18.8. The van der Waals surface area contributed by atoms with Crippen LogP contribution in [-0.4, -0.2) is 74.9 Å². The third-order valence-corrected chi connectivity index (χ3v) is 6.12. The average Bonchev–Trinajstić information content (AvgIpc) is 3.34. The zero-order valence-corrected chi connectivity index (χ0v) is 18.8. The number of benzene rings is 2. The van der Waals surface area contributed by atoms with Crippen LogP contribution in [0.25, 0.3) is 0 Å².